The van der Waals surface area contributed by atoms with Crippen molar-refractivity contribution in [2.75, 3.05) is 18.4 Å². The maximum absolute atomic E-state index is 13.0. The van der Waals surface area contributed by atoms with E-state index in [1.54, 1.807) is 0 Å². The van der Waals surface area contributed by atoms with Crippen LogP contribution in [0.4, 0.5) is 23.7 Å². The number of carbonyl (C=O) groups is 1. The highest BCUT2D eigenvalue weighted by Crippen LogP contribution is 2.39. The number of para-hydroxylation sites is 1. The summed E-state index contributed by atoms with van der Waals surface area (Å²) in [7, 11) is 0. The van der Waals surface area contributed by atoms with E-state index in [2.05, 4.69) is 15.5 Å². The lowest BCUT2D eigenvalue weighted by Crippen LogP contribution is -2.50. The normalized spacial score (nSPS) is 18.1. The number of urea groups is 1. The van der Waals surface area contributed by atoms with Gasteiger partial charge in [-0.05, 0) is 25.0 Å². The number of halogens is 3. The molecule has 1 aromatic heterocycles. The highest BCUT2D eigenvalue weighted by molar-refractivity contribution is 5.91. The van der Waals surface area contributed by atoms with Gasteiger partial charge in [0.15, 0.2) is 5.82 Å². The van der Waals surface area contributed by atoms with Crippen LogP contribution in [0.1, 0.15) is 42.0 Å². The van der Waals surface area contributed by atoms with Gasteiger partial charge in [0.1, 0.15) is 0 Å². The van der Waals surface area contributed by atoms with Gasteiger partial charge in [-0.25, -0.2) is 4.79 Å². The summed E-state index contributed by atoms with van der Waals surface area (Å²) in [5, 5.41) is 6.25. The average Bonchev–Trinajstić information content (AvgIpc) is 3.25. The number of alkyl halides is 3. The Balaban J connectivity index is 1.37. The second kappa shape index (κ2) is 5.75. The lowest BCUT2D eigenvalue weighted by Gasteiger charge is -2.37. The maximum Gasteiger partial charge on any atom is 0.418 e. The molecule has 6 nitrogen and oxygen atoms in total. The summed E-state index contributed by atoms with van der Waals surface area (Å²) in [4.78, 5) is 17.9. The number of rotatable bonds is 3. The van der Waals surface area contributed by atoms with Crippen LogP contribution in [0.25, 0.3) is 0 Å². The Labute approximate surface area is 141 Å². The highest BCUT2D eigenvalue weighted by atomic mass is 19.4. The summed E-state index contributed by atoms with van der Waals surface area (Å²) in [6.07, 6.45) is -2.39. The van der Waals surface area contributed by atoms with E-state index >= 15 is 0 Å². The molecule has 132 valence electrons. The number of amides is 2. The van der Waals surface area contributed by atoms with Crippen molar-refractivity contribution in [1.29, 1.82) is 0 Å². The number of hydrogen-bond acceptors (Lipinski definition) is 4. The van der Waals surface area contributed by atoms with Crippen LogP contribution in [0.5, 0.6) is 0 Å². The third kappa shape index (κ3) is 3.18. The maximum atomic E-state index is 13.0. The molecule has 0 bridgehead atoms. The van der Waals surface area contributed by atoms with E-state index in [1.807, 2.05) is 0 Å². The van der Waals surface area contributed by atoms with Crippen molar-refractivity contribution in [1.82, 2.24) is 15.0 Å². The van der Waals surface area contributed by atoms with E-state index in [0.717, 1.165) is 18.9 Å². The zero-order chi connectivity index (χ0) is 17.6. The van der Waals surface area contributed by atoms with Gasteiger partial charge in [0.2, 0.25) is 5.89 Å². The minimum absolute atomic E-state index is 0.0661. The van der Waals surface area contributed by atoms with Crippen molar-refractivity contribution in [2.24, 2.45) is 0 Å². The molecule has 0 atom stereocenters. The number of benzene rings is 1. The van der Waals surface area contributed by atoms with E-state index in [0.29, 0.717) is 30.7 Å². The molecule has 2 amide bonds. The van der Waals surface area contributed by atoms with Crippen LogP contribution in [0.3, 0.4) is 0 Å². The molecule has 1 aromatic carbocycles. The Bertz CT molecular complexity index is 795. The van der Waals surface area contributed by atoms with Gasteiger partial charge in [-0.15, -0.1) is 0 Å². The number of carbonyl (C=O) groups excluding carboxylic acids is 1. The molecule has 2 fully saturated rings. The Morgan fingerprint density at radius 1 is 1.20 bits per heavy atom. The standard InChI is InChI=1S/C16H15F3N4O2/c17-16(18,19)11-3-1-2-4-12(11)20-15(24)23-7-10(8-23)14-21-13(22-25-14)9-5-6-9/h1-4,9-10H,5-8H2,(H,20,24). The number of aromatic nitrogens is 2. The van der Waals surface area contributed by atoms with Gasteiger partial charge in [-0.3, -0.25) is 0 Å². The third-order valence-electron chi connectivity index (χ3n) is 4.39. The van der Waals surface area contributed by atoms with Gasteiger partial charge in [-0.1, -0.05) is 17.3 Å². The van der Waals surface area contributed by atoms with Crippen molar-refractivity contribution >= 4 is 11.7 Å². The van der Waals surface area contributed by atoms with E-state index in [4.69, 9.17) is 4.52 Å². The van der Waals surface area contributed by atoms with Crippen molar-refractivity contribution in [3.63, 3.8) is 0 Å². The molecule has 0 spiro atoms. The molecule has 4 rings (SSSR count). The van der Waals surface area contributed by atoms with Crippen LogP contribution in [0, 0.1) is 0 Å². The number of nitrogens with zero attached hydrogens (tertiary/aromatic N) is 3. The molecule has 9 heteroatoms. The summed E-state index contributed by atoms with van der Waals surface area (Å²) >= 11 is 0. The van der Waals surface area contributed by atoms with Crippen molar-refractivity contribution < 1.29 is 22.5 Å². The Hall–Kier alpha value is -2.58. The van der Waals surface area contributed by atoms with Crippen LogP contribution in [-0.4, -0.2) is 34.2 Å². The lowest BCUT2D eigenvalue weighted by molar-refractivity contribution is -0.136. The molecule has 25 heavy (non-hydrogen) atoms. The van der Waals surface area contributed by atoms with Gasteiger partial charge < -0.3 is 14.7 Å². The lowest BCUT2D eigenvalue weighted by atomic mass is 10.0. The number of hydrogen-bond donors (Lipinski definition) is 1. The topological polar surface area (TPSA) is 71.3 Å². The molecular weight excluding hydrogens is 337 g/mol. The summed E-state index contributed by atoms with van der Waals surface area (Å²) in [6, 6.07) is 4.33. The molecule has 1 N–H and O–H groups in total. The molecule has 1 aliphatic carbocycles. The highest BCUT2D eigenvalue weighted by Gasteiger charge is 2.38. The van der Waals surface area contributed by atoms with Crippen LogP contribution in [0.2, 0.25) is 0 Å². The minimum atomic E-state index is -4.52. The second-order valence-corrected chi connectivity index (χ2v) is 6.34. The molecule has 1 aliphatic heterocycles. The van der Waals surface area contributed by atoms with Gasteiger partial charge in [0.05, 0.1) is 17.2 Å². The van der Waals surface area contributed by atoms with Gasteiger partial charge >= 0.3 is 12.2 Å². The van der Waals surface area contributed by atoms with Crippen LogP contribution < -0.4 is 5.32 Å². The van der Waals surface area contributed by atoms with Crippen LogP contribution in [-0.2, 0) is 6.18 Å². The van der Waals surface area contributed by atoms with Gasteiger partial charge in [-0.2, -0.15) is 18.2 Å². The number of likely N-dealkylation sites (tertiary alicyclic amines) is 1. The SMILES string of the molecule is O=C(Nc1ccccc1C(F)(F)F)N1CC(c2nc(C3CC3)no2)C1. The first-order chi connectivity index (χ1) is 11.9. The molecular formula is C16H15F3N4O2. The quantitative estimate of drug-likeness (QED) is 0.916. The molecule has 1 saturated heterocycles. The summed E-state index contributed by atoms with van der Waals surface area (Å²) in [6.45, 7) is 0.679. The first-order valence-electron chi connectivity index (χ1n) is 7.97. The molecule has 2 aromatic rings. The Morgan fingerprint density at radius 2 is 1.92 bits per heavy atom. The Morgan fingerprint density at radius 3 is 2.60 bits per heavy atom. The fraction of sp³-hybridized carbons (Fsp3) is 0.438. The average molecular weight is 352 g/mol. The van der Waals surface area contributed by atoms with E-state index < -0.39 is 17.8 Å². The first-order valence-corrected chi connectivity index (χ1v) is 7.97. The summed E-state index contributed by atoms with van der Waals surface area (Å²) in [5.74, 6) is 1.51. The minimum Gasteiger partial charge on any atom is -0.339 e. The predicted octanol–water partition coefficient (Wildman–Crippen LogP) is 3.60. The van der Waals surface area contributed by atoms with Crippen molar-refractivity contribution in [3.8, 4) is 0 Å². The molecule has 2 aliphatic rings. The fourth-order valence-electron chi connectivity index (χ4n) is 2.75. The molecule has 0 unspecified atom stereocenters. The predicted molar refractivity (Wildman–Crippen MR) is 81.0 cm³/mol. The fourth-order valence-corrected chi connectivity index (χ4v) is 2.75. The van der Waals surface area contributed by atoms with E-state index in [1.165, 1.54) is 23.1 Å². The van der Waals surface area contributed by atoms with Crippen molar-refractivity contribution in [3.05, 3.63) is 41.5 Å². The molecule has 2 heterocycles. The molecule has 0 radical (unpaired) electrons. The Kier molecular flexibility index (Phi) is 3.66. The first kappa shape index (κ1) is 15.9. The van der Waals surface area contributed by atoms with Gasteiger partial charge in [0, 0.05) is 19.0 Å². The number of anilines is 1. The van der Waals surface area contributed by atoms with Gasteiger partial charge in [0.25, 0.3) is 0 Å². The second-order valence-electron chi connectivity index (χ2n) is 6.34. The largest absolute Gasteiger partial charge is 0.418 e. The zero-order valence-corrected chi connectivity index (χ0v) is 13.1. The van der Waals surface area contributed by atoms with Crippen LogP contribution >= 0.6 is 0 Å². The molecule has 1 saturated carbocycles. The number of nitrogens with one attached hydrogen (secondary N) is 1. The summed E-state index contributed by atoms with van der Waals surface area (Å²) < 4.78 is 44.1. The summed E-state index contributed by atoms with van der Waals surface area (Å²) in [5.41, 5.74) is -1.12. The third-order valence-corrected chi connectivity index (χ3v) is 4.39. The smallest absolute Gasteiger partial charge is 0.339 e. The van der Waals surface area contributed by atoms with E-state index in [-0.39, 0.29) is 11.6 Å². The van der Waals surface area contributed by atoms with Crippen molar-refractivity contribution in [2.45, 2.75) is 30.9 Å². The zero-order valence-electron chi connectivity index (χ0n) is 13.1. The van der Waals surface area contributed by atoms with Crippen LogP contribution in [0.15, 0.2) is 28.8 Å². The van der Waals surface area contributed by atoms with E-state index in [9.17, 15) is 18.0 Å². The monoisotopic (exact) mass is 352 g/mol.